The summed E-state index contributed by atoms with van der Waals surface area (Å²) in [5.74, 6) is 1.90. The van der Waals surface area contributed by atoms with Gasteiger partial charge in [0.25, 0.3) is 0 Å². The second-order valence-electron chi connectivity index (χ2n) is 4.16. The van der Waals surface area contributed by atoms with Gasteiger partial charge in [-0.05, 0) is 119 Å². The highest BCUT2D eigenvalue weighted by molar-refractivity contribution is 9.15. The zero-order valence-electron chi connectivity index (χ0n) is 10.4. The first-order valence-electron chi connectivity index (χ1n) is 5.74. The van der Waals surface area contributed by atoms with Crippen LogP contribution in [0.5, 0.6) is 0 Å². The van der Waals surface area contributed by atoms with E-state index in [-0.39, 0.29) is 0 Å². The standard InChI is InChI=1S/C14H8Br6S/c15-9-3-1-7(11(17)13(9)19)5-21-6-8-2-4-10(16)14(20)12(8)18/h1-4H,5-6H2. The number of halogens is 6. The third-order valence-electron chi connectivity index (χ3n) is 2.75. The van der Waals surface area contributed by atoms with Crippen LogP contribution in [0.2, 0.25) is 0 Å². The van der Waals surface area contributed by atoms with Gasteiger partial charge in [-0.25, -0.2) is 0 Å². The van der Waals surface area contributed by atoms with Crippen molar-refractivity contribution in [2.45, 2.75) is 11.5 Å². The first-order valence-corrected chi connectivity index (χ1v) is 11.7. The van der Waals surface area contributed by atoms with E-state index in [2.05, 4.69) is 120 Å². The Morgan fingerprint density at radius 1 is 0.571 bits per heavy atom. The van der Waals surface area contributed by atoms with E-state index in [0.717, 1.165) is 38.3 Å². The Hall–Kier alpha value is 1.67. The highest BCUT2D eigenvalue weighted by Gasteiger charge is 2.10. The summed E-state index contributed by atoms with van der Waals surface area (Å²) in [6.07, 6.45) is 0. The lowest BCUT2D eigenvalue weighted by Gasteiger charge is -2.10. The smallest absolute Gasteiger partial charge is 0.0462 e. The summed E-state index contributed by atoms with van der Waals surface area (Å²) in [6, 6.07) is 8.41. The molecule has 0 atom stereocenters. The fraction of sp³-hybridized carbons (Fsp3) is 0.143. The van der Waals surface area contributed by atoms with Gasteiger partial charge in [-0.2, -0.15) is 11.8 Å². The van der Waals surface area contributed by atoms with Crippen molar-refractivity contribution in [2.24, 2.45) is 0 Å². The van der Waals surface area contributed by atoms with Crippen LogP contribution in [0.25, 0.3) is 0 Å². The molecule has 21 heavy (non-hydrogen) atoms. The van der Waals surface area contributed by atoms with Crippen LogP contribution in [0.1, 0.15) is 11.1 Å². The zero-order valence-corrected chi connectivity index (χ0v) is 20.7. The maximum Gasteiger partial charge on any atom is 0.0462 e. The minimum Gasteiger partial charge on any atom is -0.152 e. The third-order valence-corrected chi connectivity index (χ3v) is 10.7. The average molecular weight is 688 g/mol. The minimum absolute atomic E-state index is 0.951. The molecule has 0 spiro atoms. The maximum absolute atomic E-state index is 3.64. The summed E-state index contributed by atoms with van der Waals surface area (Å²) in [7, 11) is 0. The van der Waals surface area contributed by atoms with Crippen LogP contribution in [-0.4, -0.2) is 0 Å². The Labute approximate surface area is 179 Å². The zero-order chi connectivity index (χ0) is 15.6. The SMILES string of the molecule is Brc1ccc(CSCc2ccc(Br)c(Br)c2Br)c(Br)c1Br. The Balaban J connectivity index is 2.06. The minimum atomic E-state index is 0.951. The number of hydrogen-bond acceptors (Lipinski definition) is 1. The van der Waals surface area contributed by atoms with E-state index in [0.29, 0.717) is 0 Å². The third kappa shape index (κ3) is 4.83. The molecule has 2 aromatic carbocycles. The molecule has 0 aliphatic heterocycles. The van der Waals surface area contributed by atoms with Crippen LogP contribution in [0.4, 0.5) is 0 Å². The second kappa shape index (κ2) is 8.67. The monoisotopic (exact) mass is 682 g/mol. The Morgan fingerprint density at radius 2 is 0.952 bits per heavy atom. The molecule has 7 heteroatoms. The van der Waals surface area contributed by atoms with Gasteiger partial charge in [0.05, 0.1) is 0 Å². The van der Waals surface area contributed by atoms with Gasteiger partial charge < -0.3 is 0 Å². The average Bonchev–Trinajstić information content (AvgIpc) is 2.47. The molecule has 0 unspecified atom stereocenters. The van der Waals surface area contributed by atoms with E-state index < -0.39 is 0 Å². The topological polar surface area (TPSA) is 0 Å². The summed E-state index contributed by atoms with van der Waals surface area (Å²) in [5, 5.41) is 0. The van der Waals surface area contributed by atoms with E-state index in [1.165, 1.54) is 11.1 Å². The molecule has 2 rings (SSSR count). The van der Waals surface area contributed by atoms with Crippen LogP contribution in [-0.2, 0) is 11.5 Å². The summed E-state index contributed by atoms with van der Waals surface area (Å²) >= 11 is 23.3. The molecule has 0 amide bonds. The molecule has 0 saturated heterocycles. The van der Waals surface area contributed by atoms with Crippen molar-refractivity contribution in [3.63, 3.8) is 0 Å². The van der Waals surface area contributed by atoms with E-state index >= 15 is 0 Å². The fourth-order valence-corrected chi connectivity index (χ4v) is 5.96. The molecule has 0 N–H and O–H groups in total. The Morgan fingerprint density at radius 3 is 1.33 bits per heavy atom. The molecule has 0 bridgehead atoms. The van der Waals surface area contributed by atoms with Crippen molar-refractivity contribution >= 4 is 107 Å². The quantitative estimate of drug-likeness (QED) is 0.290. The number of rotatable bonds is 4. The van der Waals surface area contributed by atoms with Gasteiger partial charge in [0.1, 0.15) is 0 Å². The highest BCUT2D eigenvalue weighted by atomic mass is 79.9. The molecule has 0 aromatic heterocycles. The number of benzene rings is 2. The summed E-state index contributed by atoms with van der Waals surface area (Å²) in [5.41, 5.74) is 2.56. The van der Waals surface area contributed by atoms with Crippen LogP contribution in [0.15, 0.2) is 51.1 Å². The normalized spacial score (nSPS) is 11.0. The van der Waals surface area contributed by atoms with E-state index in [1.807, 2.05) is 11.8 Å². The second-order valence-corrected chi connectivity index (χ2v) is 10.0. The first kappa shape index (κ1) is 19.0. The van der Waals surface area contributed by atoms with Gasteiger partial charge in [-0.1, -0.05) is 12.1 Å². The van der Waals surface area contributed by atoms with Gasteiger partial charge in [-0.3, -0.25) is 0 Å². The van der Waals surface area contributed by atoms with Crippen molar-refractivity contribution < 1.29 is 0 Å². The predicted molar refractivity (Wildman–Crippen MR) is 114 cm³/mol. The van der Waals surface area contributed by atoms with E-state index in [4.69, 9.17) is 0 Å². The van der Waals surface area contributed by atoms with Crippen molar-refractivity contribution in [1.82, 2.24) is 0 Å². The Kier molecular flexibility index (Phi) is 7.85. The molecule has 0 saturated carbocycles. The van der Waals surface area contributed by atoms with Crippen LogP contribution in [0, 0.1) is 0 Å². The molecule has 2 aromatic rings. The largest absolute Gasteiger partial charge is 0.152 e. The van der Waals surface area contributed by atoms with E-state index in [1.54, 1.807) is 0 Å². The lowest BCUT2D eigenvalue weighted by molar-refractivity contribution is 1.31. The predicted octanol–water partition coefficient (Wildman–Crippen LogP) is 8.69. The molecule has 0 aliphatic carbocycles. The lowest BCUT2D eigenvalue weighted by Crippen LogP contribution is -1.89. The molecule has 0 aliphatic rings. The van der Waals surface area contributed by atoms with Crippen LogP contribution >= 0.6 is 107 Å². The van der Waals surface area contributed by atoms with Crippen molar-refractivity contribution in [3.8, 4) is 0 Å². The van der Waals surface area contributed by atoms with E-state index in [9.17, 15) is 0 Å². The van der Waals surface area contributed by atoms with Crippen molar-refractivity contribution in [1.29, 1.82) is 0 Å². The first-order chi connectivity index (χ1) is 9.91. The molecular formula is C14H8Br6S. The number of hydrogen-bond donors (Lipinski definition) is 0. The summed E-state index contributed by atoms with van der Waals surface area (Å²) in [6.45, 7) is 0. The summed E-state index contributed by atoms with van der Waals surface area (Å²) in [4.78, 5) is 0. The van der Waals surface area contributed by atoms with Crippen molar-refractivity contribution in [2.75, 3.05) is 0 Å². The van der Waals surface area contributed by atoms with Gasteiger partial charge in [-0.15, -0.1) is 0 Å². The van der Waals surface area contributed by atoms with Gasteiger partial charge >= 0.3 is 0 Å². The lowest BCUT2D eigenvalue weighted by atomic mass is 10.2. The van der Waals surface area contributed by atoms with Gasteiger partial charge in [0, 0.05) is 38.3 Å². The van der Waals surface area contributed by atoms with Gasteiger partial charge in [0.15, 0.2) is 0 Å². The Bertz CT molecular complexity index is 613. The molecule has 0 radical (unpaired) electrons. The summed E-state index contributed by atoms with van der Waals surface area (Å²) < 4.78 is 6.47. The molecule has 0 nitrogen and oxygen atoms in total. The number of thioether (sulfide) groups is 1. The fourth-order valence-electron chi connectivity index (χ4n) is 1.63. The molecule has 0 heterocycles. The highest BCUT2D eigenvalue weighted by Crippen LogP contribution is 2.38. The van der Waals surface area contributed by atoms with Crippen LogP contribution in [0.3, 0.4) is 0 Å². The molecule has 0 fully saturated rings. The van der Waals surface area contributed by atoms with Crippen LogP contribution < -0.4 is 0 Å². The van der Waals surface area contributed by atoms with Gasteiger partial charge in [0.2, 0.25) is 0 Å². The van der Waals surface area contributed by atoms with Crippen molar-refractivity contribution in [3.05, 3.63) is 62.2 Å². The molecule has 112 valence electrons. The molecular weight excluding hydrogens is 680 g/mol. The maximum atomic E-state index is 3.64.